The second-order valence-electron chi connectivity index (χ2n) is 3.76. The Morgan fingerprint density at radius 2 is 2.18 bits per heavy atom. The minimum atomic E-state index is 0.0991. The Kier molecular flexibility index (Phi) is 3.54. The van der Waals surface area contributed by atoms with Gasteiger partial charge >= 0.3 is 0 Å². The number of nitrogens with zero attached hydrogens (tertiary/aromatic N) is 1. The maximum atomic E-state index is 9.31. The highest BCUT2D eigenvalue weighted by Gasteiger charge is 2.05. The first-order valence-corrected chi connectivity index (χ1v) is 6.41. The second kappa shape index (κ2) is 4.94. The number of phenolic OH excluding ortho intramolecular Hbond substituents is 1. The van der Waals surface area contributed by atoms with Crippen LogP contribution in [0.3, 0.4) is 0 Å². The van der Waals surface area contributed by atoms with Crippen molar-refractivity contribution in [2.75, 3.05) is 5.32 Å². The number of halogens is 1. The molecule has 1 heterocycles. The predicted molar refractivity (Wildman–Crippen MR) is 72.0 cm³/mol. The van der Waals surface area contributed by atoms with E-state index in [0.29, 0.717) is 5.02 Å². The highest BCUT2D eigenvalue weighted by molar-refractivity contribution is 7.11. The van der Waals surface area contributed by atoms with E-state index in [9.17, 15) is 5.11 Å². The molecule has 0 aliphatic carbocycles. The van der Waals surface area contributed by atoms with Gasteiger partial charge in [-0.3, -0.25) is 0 Å². The van der Waals surface area contributed by atoms with Crippen molar-refractivity contribution >= 4 is 28.6 Å². The third kappa shape index (κ3) is 2.90. The molecular weight excluding hydrogens is 256 g/mol. The van der Waals surface area contributed by atoms with Gasteiger partial charge in [-0.25, -0.2) is 4.98 Å². The molecular formula is C12H13ClN2OS. The molecule has 0 radical (unpaired) electrons. The van der Waals surface area contributed by atoms with Gasteiger partial charge < -0.3 is 10.4 Å². The standard InChI is InChI=1S/C12H13ClN2OS/c1-7-12(17-8(2)15-7)6-14-9-3-4-11(16)10(13)5-9/h3-5,14,16H,6H2,1-2H3. The maximum Gasteiger partial charge on any atom is 0.134 e. The lowest BCUT2D eigenvalue weighted by Crippen LogP contribution is -1.98. The van der Waals surface area contributed by atoms with E-state index in [4.69, 9.17) is 11.6 Å². The first kappa shape index (κ1) is 12.2. The zero-order valence-electron chi connectivity index (χ0n) is 9.62. The number of nitrogens with one attached hydrogen (secondary N) is 1. The van der Waals surface area contributed by atoms with Gasteiger partial charge in [0.15, 0.2) is 0 Å². The van der Waals surface area contributed by atoms with Crippen molar-refractivity contribution in [2.24, 2.45) is 0 Å². The van der Waals surface area contributed by atoms with E-state index in [-0.39, 0.29) is 5.75 Å². The molecule has 2 N–H and O–H groups in total. The van der Waals surface area contributed by atoms with E-state index < -0.39 is 0 Å². The summed E-state index contributed by atoms with van der Waals surface area (Å²) >= 11 is 7.52. The minimum absolute atomic E-state index is 0.0991. The zero-order chi connectivity index (χ0) is 12.4. The van der Waals surface area contributed by atoms with Crippen molar-refractivity contribution in [3.8, 4) is 5.75 Å². The van der Waals surface area contributed by atoms with Gasteiger partial charge in [-0.1, -0.05) is 11.6 Å². The Morgan fingerprint density at radius 1 is 1.41 bits per heavy atom. The summed E-state index contributed by atoms with van der Waals surface area (Å²) in [6.45, 7) is 4.72. The van der Waals surface area contributed by atoms with Crippen LogP contribution in [0, 0.1) is 13.8 Å². The van der Waals surface area contributed by atoms with Crippen molar-refractivity contribution in [2.45, 2.75) is 20.4 Å². The number of benzene rings is 1. The SMILES string of the molecule is Cc1nc(C)c(CNc2ccc(O)c(Cl)c2)s1. The molecule has 0 aliphatic rings. The van der Waals surface area contributed by atoms with E-state index >= 15 is 0 Å². The number of thiazole rings is 1. The number of phenols is 1. The lowest BCUT2D eigenvalue weighted by molar-refractivity contribution is 0.475. The van der Waals surface area contributed by atoms with E-state index in [2.05, 4.69) is 10.3 Å². The Labute approximate surface area is 109 Å². The smallest absolute Gasteiger partial charge is 0.134 e. The summed E-state index contributed by atoms with van der Waals surface area (Å²) < 4.78 is 0. The van der Waals surface area contributed by atoms with Crippen molar-refractivity contribution in [1.29, 1.82) is 0 Å². The van der Waals surface area contributed by atoms with Crippen LogP contribution in [0.4, 0.5) is 5.69 Å². The quantitative estimate of drug-likeness (QED) is 0.834. The highest BCUT2D eigenvalue weighted by atomic mass is 35.5. The molecule has 0 aliphatic heterocycles. The minimum Gasteiger partial charge on any atom is -0.506 e. The third-order valence-corrected chi connectivity index (χ3v) is 3.78. The first-order valence-electron chi connectivity index (χ1n) is 5.21. The number of hydrogen-bond acceptors (Lipinski definition) is 4. The largest absolute Gasteiger partial charge is 0.506 e. The molecule has 2 rings (SSSR count). The summed E-state index contributed by atoms with van der Waals surface area (Å²) in [7, 11) is 0. The van der Waals surface area contributed by atoms with E-state index in [1.807, 2.05) is 13.8 Å². The van der Waals surface area contributed by atoms with Gasteiger partial charge in [0.1, 0.15) is 5.75 Å². The average Bonchev–Trinajstić information content (AvgIpc) is 2.59. The van der Waals surface area contributed by atoms with Crippen LogP contribution < -0.4 is 5.32 Å². The molecule has 1 aromatic heterocycles. The lowest BCUT2D eigenvalue weighted by Gasteiger charge is -2.06. The third-order valence-electron chi connectivity index (χ3n) is 2.40. The van der Waals surface area contributed by atoms with Crippen LogP contribution in [0.5, 0.6) is 5.75 Å². The molecule has 0 unspecified atom stereocenters. The summed E-state index contributed by atoms with van der Waals surface area (Å²) in [5.74, 6) is 0.0991. The van der Waals surface area contributed by atoms with E-state index in [0.717, 1.165) is 22.9 Å². The molecule has 0 saturated carbocycles. The molecule has 2 aromatic rings. The van der Waals surface area contributed by atoms with Crippen LogP contribution in [0.15, 0.2) is 18.2 Å². The molecule has 0 amide bonds. The number of anilines is 1. The van der Waals surface area contributed by atoms with Gasteiger partial charge in [-0.15, -0.1) is 11.3 Å². The summed E-state index contributed by atoms with van der Waals surface area (Å²) in [6, 6.07) is 5.08. The van der Waals surface area contributed by atoms with Crippen LogP contribution in [0.2, 0.25) is 5.02 Å². The zero-order valence-corrected chi connectivity index (χ0v) is 11.2. The number of hydrogen-bond donors (Lipinski definition) is 2. The topological polar surface area (TPSA) is 45.2 Å². The van der Waals surface area contributed by atoms with Crippen LogP contribution in [-0.2, 0) is 6.54 Å². The molecule has 0 bridgehead atoms. The molecule has 0 spiro atoms. The molecule has 1 aromatic carbocycles. The van der Waals surface area contributed by atoms with Crippen molar-refractivity contribution < 1.29 is 5.11 Å². The number of aryl methyl sites for hydroxylation is 2. The molecule has 90 valence electrons. The van der Waals surface area contributed by atoms with E-state index in [1.165, 1.54) is 4.88 Å². The number of aromatic nitrogens is 1. The Hall–Kier alpha value is -1.26. The average molecular weight is 269 g/mol. The molecule has 0 saturated heterocycles. The molecule has 3 nitrogen and oxygen atoms in total. The lowest BCUT2D eigenvalue weighted by atomic mass is 10.3. The number of aromatic hydroxyl groups is 1. The maximum absolute atomic E-state index is 9.31. The monoisotopic (exact) mass is 268 g/mol. The van der Waals surface area contributed by atoms with Crippen LogP contribution in [0.25, 0.3) is 0 Å². The highest BCUT2D eigenvalue weighted by Crippen LogP contribution is 2.27. The van der Waals surface area contributed by atoms with Crippen molar-refractivity contribution in [1.82, 2.24) is 4.98 Å². The van der Waals surface area contributed by atoms with Gasteiger partial charge in [0.2, 0.25) is 0 Å². The molecule has 5 heteroatoms. The predicted octanol–water partition coefficient (Wildman–Crippen LogP) is 3.73. The first-order chi connectivity index (χ1) is 8.06. The summed E-state index contributed by atoms with van der Waals surface area (Å²) in [4.78, 5) is 5.58. The Balaban J connectivity index is 2.07. The number of rotatable bonds is 3. The van der Waals surface area contributed by atoms with Crippen LogP contribution >= 0.6 is 22.9 Å². The van der Waals surface area contributed by atoms with Gasteiger partial charge in [-0.05, 0) is 32.0 Å². The van der Waals surface area contributed by atoms with Gasteiger partial charge in [0.05, 0.1) is 22.3 Å². The molecule has 17 heavy (non-hydrogen) atoms. The van der Waals surface area contributed by atoms with Gasteiger partial charge in [-0.2, -0.15) is 0 Å². The van der Waals surface area contributed by atoms with Crippen molar-refractivity contribution in [3.05, 3.63) is 38.8 Å². The van der Waals surface area contributed by atoms with Crippen molar-refractivity contribution in [3.63, 3.8) is 0 Å². The van der Waals surface area contributed by atoms with E-state index in [1.54, 1.807) is 29.5 Å². The Morgan fingerprint density at radius 3 is 2.76 bits per heavy atom. The molecule has 0 atom stereocenters. The van der Waals surface area contributed by atoms with Gasteiger partial charge in [0.25, 0.3) is 0 Å². The van der Waals surface area contributed by atoms with Crippen LogP contribution in [-0.4, -0.2) is 10.1 Å². The molecule has 0 fully saturated rings. The summed E-state index contributed by atoms with van der Waals surface area (Å²) in [5, 5.41) is 14.0. The summed E-state index contributed by atoms with van der Waals surface area (Å²) in [5.41, 5.74) is 1.95. The fourth-order valence-electron chi connectivity index (χ4n) is 1.54. The van der Waals surface area contributed by atoms with Crippen LogP contribution in [0.1, 0.15) is 15.6 Å². The Bertz CT molecular complexity index is 539. The fourth-order valence-corrected chi connectivity index (χ4v) is 2.59. The fraction of sp³-hybridized carbons (Fsp3) is 0.250. The van der Waals surface area contributed by atoms with Gasteiger partial charge in [0, 0.05) is 10.6 Å². The second-order valence-corrected chi connectivity index (χ2v) is 5.46. The normalized spacial score (nSPS) is 10.5. The summed E-state index contributed by atoms with van der Waals surface area (Å²) in [6.07, 6.45) is 0.